The van der Waals surface area contributed by atoms with Crippen LogP contribution in [0.2, 0.25) is 0 Å². The van der Waals surface area contributed by atoms with Gasteiger partial charge < -0.3 is 44.3 Å². The van der Waals surface area contributed by atoms with Crippen molar-refractivity contribution in [2.45, 2.75) is 113 Å². The van der Waals surface area contributed by atoms with E-state index in [2.05, 4.69) is 64.0 Å². The summed E-state index contributed by atoms with van der Waals surface area (Å²) in [6.07, 6.45) is 5.18. The Balaban J connectivity index is 0.000000659. The molecule has 0 saturated carbocycles. The fraction of sp³-hybridized carbons (Fsp3) is 0.394. The number of carboxylic acids is 1. The molecule has 2 amide bonds. The van der Waals surface area contributed by atoms with E-state index in [1.54, 1.807) is 78.8 Å². The van der Waals surface area contributed by atoms with Gasteiger partial charge in [-0.05, 0) is 153 Å². The summed E-state index contributed by atoms with van der Waals surface area (Å²) >= 11 is 0. The molecule has 0 radical (unpaired) electrons. The van der Waals surface area contributed by atoms with Crippen LogP contribution in [-0.2, 0) is 31.6 Å². The third-order valence-corrected chi connectivity index (χ3v) is 16.9. The van der Waals surface area contributed by atoms with E-state index in [1.807, 2.05) is 48.5 Å². The summed E-state index contributed by atoms with van der Waals surface area (Å²) in [5.41, 5.74) is 3.49. The van der Waals surface area contributed by atoms with E-state index in [-0.39, 0.29) is 80.1 Å². The van der Waals surface area contributed by atoms with Gasteiger partial charge in [0.2, 0.25) is 5.91 Å². The van der Waals surface area contributed by atoms with Crippen molar-refractivity contribution in [3.8, 4) is 23.3 Å². The minimum atomic E-state index is -4.80. The number of amides is 2. The van der Waals surface area contributed by atoms with E-state index >= 15 is 0 Å². The van der Waals surface area contributed by atoms with Crippen LogP contribution in [0.3, 0.4) is 0 Å². The van der Waals surface area contributed by atoms with Crippen LogP contribution in [0.25, 0.3) is 16.7 Å². The molecule has 0 spiro atoms. The molecule has 0 atom stereocenters. The molecule has 0 aliphatic carbocycles. The van der Waals surface area contributed by atoms with Gasteiger partial charge in [0.15, 0.2) is 0 Å². The molecule has 0 aromatic heterocycles. The van der Waals surface area contributed by atoms with E-state index < -0.39 is 54.7 Å². The van der Waals surface area contributed by atoms with E-state index in [0.717, 1.165) is 22.4 Å². The van der Waals surface area contributed by atoms with Crippen molar-refractivity contribution in [3.05, 3.63) is 164 Å². The van der Waals surface area contributed by atoms with E-state index in [9.17, 15) is 45.4 Å². The monoisotopic (exact) mass is 1200 g/mol. The average Bonchev–Trinajstić information content (AvgIpc) is 0.892. The van der Waals surface area contributed by atoms with Crippen LogP contribution < -0.4 is 40.6 Å². The number of fused-ring (bicyclic) bond motifs is 6. The first-order valence-corrected chi connectivity index (χ1v) is 32.4. The number of rotatable bonds is 19. The van der Waals surface area contributed by atoms with E-state index in [1.165, 1.54) is 57.5 Å². The minimum Gasteiger partial charge on any atom is -0.748 e. The second-order valence-electron chi connectivity index (χ2n) is 22.7. The summed E-state index contributed by atoms with van der Waals surface area (Å²) in [7, 11) is -9.59. The fourth-order valence-electron chi connectivity index (χ4n) is 11.1. The average molecular weight is 1200 g/mol. The first-order chi connectivity index (χ1) is 40.2. The molecule has 5 N–H and O–H groups in total. The highest BCUT2D eigenvalue weighted by atomic mass is 32.2. The molecule has 17 nitrogen and oxygen atoms in total. The standard InChI is InChI=1S/C54H50N4O11S2.2C6H15N/c1-53(2)27-36(30-70(63,64)65)39-23-42-47(25-44(39)56-53)69-48-26-45-40(37(31-71(66,67)68)28-54(3,4)57-45)24-43(48)50(42)41-22-34(19-20-38(41)52(61)62)51(60)55-21-11-5-6-16-49(59)58-29-35-14-8-7-12-32(35)17-18-33-13-9-10-15-46(33)58;2*1-4-7(5-2)6-3/h7-10,12-15,19-20,22-28,56H,5-6,11,16,21,29-31H2,1-4H3,(H,55,60)(H,61,62)(H,63,64,65)(H,66,67,68);2*4-6H2,1-3H3. The zero-order valence-corrected chi connectivity index (χ0v) is 52.1. The van der Waals surface area contributed by atoms with Crippen LogP contribution in [0.5, 0.6) is 11.5 Å². The van der Waals surface area contributed by atoms with Gasteiger partial charge >= 0.3 is 5.97 Å². The molecule has 9 rings (SSSR count). The van der Waals surface area contributed by atoms with Crippen molar-refractivity contribution in [1.82, 2.24) is 5.32 Å². The Hall–Kier alpha value is -7.44. The van der Waals surface area contributed by atoms with Crippen LogP contribution >= 0.6 is 0 Å². The zero-order valence-electron chi connectivity index (χ0n) is 50.5. The number of nitrogens with zero attached hydrogens (tertiary/aromatic N) is 2. The molecular weight excluding hydrogens is 1120 g/mol. The number of quaternary nitrogens is 2. The lowest BCUT2D eigenvalue weighted by molar-refractivity contribution is -0.894. The number of unbranched alkanes of at least 4 members (excludes halogenated alkanes) is 2. The predicted molar refractivity (Wildman–Crippen MR) is 332 cm³/mol. The van der Waals surface area contributed by atoms with Crippen LogP contribution in [0.4, 0.5) is 11.4 Å². The van der Waals surface area contributed by atoms with Gasteiger partial charge in [0.05, 0.1) is 105 Å². The Bertz CT molecular complexity index is 3830. The summed E-state index contributed by atoms with van der Waals surface area (Å²) < 4.78 is 80.0. The van der Waals surface area contributed by atoms with Crippen molar-refractivity contribution < 1.29 is 60.0 Å². The summed E-state index contributed by atoms with van der Waals surface area (Å²) in [5.74, 6) is 3.25. The zero-order chi connectivity index (χ0) is 62.0. The molecule has 0 fully saturated rings. The SMILES string of the molecule is CC1(C)C=C(CS(=O)(=O)[O-])c2cc3c(cc2=N1)Oc1cc2c(cc1C=3c1cc(C(=O)NCCCCCC(=O)N3Cc4ccccc4C#Cc4ccccc43)ccc1C(=O)O)C(CS(=O)(=O)[O-])=CC(C)(C)N2.CC[NH+](CC)CC.CC[NH+](CC)CC. The number of carbonyl (C=O) groups excluding carboxylic acids is 2. The molecule has 5 aromatic rings. The van der Waals surface area contributed by atoms with E-state index in [4.69, 9.17) is 9.73 Å². The summed E-state index contributed by atoms with van der Waals surface area (Å²) in [4.78, 5) is 50.8. The number of ether oxygens (including phenoxy) is 1. The number of carbonyl (C=O) groups is 3. The Morgan fingerprint density at radius 2 is 1.29 bits per heavy atom. The number of hydrogen-bond donors (Lipinski definition) is 5. The van der Waals surface area contributed by atoms with Crippen molar-refractivity contribution in [3.63, 3.8) is 0 Å². The number of benzene rings is 5. The third kappa shape index (κ3) is 16.7. The van der Waals surface area contributed by atoms with Gasteiger partial charge in [0.25, 0.3) is 5.91 Å². The lowest BCUT2D eigenvalue weighted by atomic mass is 9.84. The van der Waals surface area contributed by atoms with Crippen molar-refractivity contribution in [2.24, 2.45) is 4.99 Å². The molecule has 4 aliphatic rings. The summed E-state index contributed by atoms with van der Waals surface area (Å²) in [6.45, 7) is 28.7. The van der Waals surface area contributed by atoms with Crippen LogP contribution in [0, 0.1) is 11.8 Å². The molecule has 19 heteroatoms. The maximum absolute atomic E-state index is 14.0. The smallest absolute Gasteiger partial charge is 0.336 e. The molecule has 4 aliphatic heterocycles. The molecule has 4 heterocycles. The largest absolute Gasteiger partial charge is 0.748 e. The lowest BCUT2D eigenvalue weighted by Gasteiger charge is -2.34. The number of hydrogen-bond acceptors (Lipinski definition) is 12. The maximum atomic E-state index is 14.0. The van der Waals surface area contributed by atoms with Gasteiger partial charge in [-0.15, -0.1) is 0 Å². The van der Waals surface area contributed by atoms with E-state index in [0.29, 0.717) is 42.4 Å². The Kier molecular flexibility index (Phi) is 21.2. The summed E-state index contributed by atoms with van der Waals surface area (Å²) in [6, 6.07) is 25.8. The fourth-order valence-corrected chi connectivity index (χ4v) is 12.4. The van der Waals surface area contributed by atoms with Crippen molar-refractivity contribution >= 4 is 66.1 Å². The quantitative estimate of drug-likeness (QED) is 0.0341. The highest BCUT2D eigenvalue weighted by Gasteiger charge is 2.33. The number of aromatic carboxylic acids is 1. The molecule has 0 unspecified atom stereocenters. The number of para-hydroxylation sites is 1. The van der Waals surface area contributed by atoms with Gasteiger partial charge in [0.1, 0.15) is 11.5 Å². The molecule has 0 saturated heterocycles. The minimum absolute atomic E-state index is 0.0514. The second-order valence-corrected chi connectivity index (χ2v) is 25.6. The predicted octanol–water partition coefficient (Wildman–Crippen LogP) is 6.31. The lowest BCUT2D eigenvalue weighted by Crippen LogP contribution is -3.11. The van der Waals surface area contributed by atoms with Crippen LogP contribution in [0.1, 0.15) is 155 Å². The Morgan fingerprint density at radius 1 is 0.694 bits per heavy atom. The maximum Gasteiger partial charge on any atom is 0.336 e. The molecule has 0 bridgehead atoms. The molecular formula is C66H80N6O11S2. The van der Waals surface area contributed by atoms with Gasteiger partial charge in [-0.25, -0.2) is 21.6 Å². The molecule has 5 aromatic carbocycles. The van der Waals surface area contributed by atoms with Crippen LogP contribution in [-0.4, -0.2) is 117 Å². The highest BCUT2D eigenvalue weighted by Crippen LogP contribution is 2.45. The second kappa shape index (κ2) is 27.7. The van der Waals surface area contributed by atoms with Gasteiger partial charge in [-0.3, -0.25) is 14.6 Å². The highest BCUT2D eigenvalue weighted by molar-refractivity contribution is 7.86. The molecule has 85 heavy (non-hydrogen) atoms. The Morgan fingerprint density at radius 3 is 1.91 bits per heavy atom. The topological polar surface area (TPSA) is 244 Å². The number of anilines is 2. The normalized spacial score (nSPS) is 14.9. The number of nitrogens with one attached hydrogen (secondary N) is 4. The van der Waals surface area contributed by atoms with Crippen molar-refractivity contribution in [2.75, 3.05) is 67.5 Å². The first-order valence-electron chi connectivity index (χ1n) is 29.3. The van der Waals surface area contributed by atoms with Gasteiger partial charge in [-0.1, -0.05) is 60.7 Å². The molecule has 452 valence electrons. The van der Waals surface area contributed by atoms with Crippen molar-refractivity contribution in [1.29, 1.82) is 0 Å². The first kappa shape index (κ1) is 65.1. The third-order valence-electron chi connectivity index (χ3n) is 15.6. The summed E-state index contributed by atoms with van der Waals surface area (Å²) in [5, 5.41) is 17.5. The Labute approximate surface area is 501 Å². The van der Waals surface area contributed by atoms with Gasteiger partial charge in [0, 0.05) is 75.0 Å². The van der Waals surface area contributed by atoms with Crippen LogP contribution in [0.15, 0.2) is 108 Å². The van der Waals surface area contributed by atoms with Gasteiger partial charge in [-0.2, -0.15) is 0 Å². The number of carboxylic acid groups (broad SMARTS) is 1.